The van der Waals surface area contributed by atoms with Crippen molar-refractivity contribution in [3.05, 3.63) is 29.6 Å². The van der Waals surface area contributed by atoms with Gasteiger partial charge in [-0.25, -0.2) is 21.6 Å². The molecule has 3 N–H and O–H groups in total. The SMILES string of the molecule is NC1(C(=O)O)CCN(S(=O)(=O)c2c(F)cc(F)cc2F)C1. The van der Waals surface area contributed by atoms with Gasteiger partial charge in [0.2, 0.25) is 10.0 Å². The van der Waals surface area contributed by atoms with Gasteiger partial charge in [-0.15, -0.1) is 0 Å². The average Bonchev–Trinajstić information content (AvgIpc) is 2.72. The lowest BCUT2D eigenvalue weighted by atomic mass is 10.0. The first kappa shape index (κ1) is 15.7. The van der Waals surface area contributed by atoms with E-state index in [0.29, 0.717) is 4.31 Å². The minimum atomic E-state index is -4.65. The maximum absolute atomic E-state index is 13.6. The molecule has 0 aliphatic carbocycles. The molecule has 1 saturated heterocycles. The van der Waals surface area contributed by atoms with Crippen LogP contribution >= 0.6 is 0 Å². The number of carboxylic acids is 1. The van der Waals surface area contributed by atoms with E-state index in [0.717, 1.165) is 0 Å². The Morgan fingerprint density at radius 3 is 2.24 bits per heavy atom. The van der Waals surface area contributed by atoms with Crippen molar-refractivity contribution < 1.29 is 31.5 Å². The van der Waals surface area contributed by atoms with Gasteiger partial charge >= 0.3 is 5.97 Å². The Balaban J connectivity index is 2.44. The second-order valence-electron chi connectivity index (χ2n) is 4.75. The zero-order valence-corrected chi connectivity index (χ0v) is 11.3. The van der Waals surface area contributed by atoms with E-state index in [9.17, 15) is 26.4 Å². The molecule has 1 heterocycles. The van der Waals surface area contributed by atoms with Crippen molar-refractivity contribution in [2.24, 2.45) is 5.73 Å². The van der Waals surface area contributed by atoms with Gasteiger partial charge in [0.15, 0.2) is 4.90 Å². The lowest BCUT2D eigenvalue weighted by Crippen LogP contribution is -2.50. The third-order valence-electron chi connectivity index (χ3n) is 3.25. The number of aliphatic carboxylic acids is 1. The van der Waals surface area contributed by atoms with Crippen molar-refractivity contribution in [2.45, 2.75) is 16.9 Å². The van der Waals surface area contributed by atoms with E-state index in [2.05, 4.69) is 0 Å². The number of carbonyl (C=O) groups is 1. The molecular formula is C11H11F3N2O4S. The number of nitrogens with two attached hydrogens (primary N) is 1. The number of hydrogen-bond acceptors (Lipinski definition) is 4. The second kappa shape index (κ2) is 4.97. The van der Waals surface area contributed by atoms with Gasteiger partial charge in [0.05, 0.1) is 0 Å². The van der Waals surface area contributed by atoms with E-state index in [1.54, 1.807) is 0 Å². The first-order chi connectivity index (χ1) is 9.58. The molecule has 1 unspecified atom stereocenters. The Morgan fingerprint density at radius 2 is 1.81 bits per heavy atom. The summed E-state index contributed by atoms with van der Waals surface area (Å²) in [6.07, 6.45) is -0.202. The van der Waals surface area contributed by atoms with Gasteiger partial charge in [0, 0.05) is 25.2 Å². The molecule has 10 heteroatoms. The molecule has 0 radical (unpaired) electrons. The van der Waals surface area contributed by atoms with Gasteiger partial charge in [-0.1, -0.05) is 0 Å². The molecule has 0 saturated carbocycles. The highest BCUT2D eigenvalue weighted by atomic mass is 32.2. The molecule has 0 aromatic heterocycles. The molecule has 0 bridgehead atoms. The third-order valence-corrected chi connectivity index (χ3v) is 5.15. The standard InChI is InChI=1S/C11H11F3N2O4S/c12-6-3-7(13)9(8(14)4-6)21(19,20)16-2-1-11(15,5-16)10(17)18/h3-4H,1-2,5,15H2,(H,17,18). The lowest BCUT2D eigenvalue weighted by Gasteiger charge is -2.20. The van der Waals surface area contributed by atoms with Crippen LogP contribution in [0.5, 0.6) is 0 Å². The Bertz CT molecular complexity index is 686. The van der Waals surface area contributed by atoms with Crippen molar-refractivity contribution in [1.82, 2.24) is 4.31 Å². The van der Waals surface area contributed by atoms with Crippen LogP contribution in [0.25, 0.3) is 0 Å². The summed E-state index contributed by atoms with van der Waals surface area (Å²) >= 11 is 0. The fourth-order valence-electron chi connectivity index (χ4n) is 2.08. The van der Waals surface area contributed by atoms with Crippen LogP contribution in [0.3, 0.4) is 0 Å². The molecule has 0 spiro atoms. The van der Waals surface area contributed by atoms with Gasteiger partial charge in [-0.05, 0) is 6.42 Å². The van der Waals surface area contributed by atoms with Crippen molar-refractivity contribution in [3.8, 4) is 0 Å². The summed E-state index contributed by atoms with van der Waals surface area (Å²) in [6, 6.07) is 0.470. The molecule has 2 rings (SSSR count). The Morgan fingerprint density at radius 1 is 1.29 bits per heavy atom. The summed E-state index contributed by atoms with van der Waals surface area (Å²) in [5.41, 5.74) is 3.69. The van der Waals surface area contributed by atoms with E-state index in [1.807, 2.05) is 0 Å². The number of benzene rings is 1. The van der Waals surface area contributed by atoms with E-state index in [1.165, 1.54) is 0 Å². The molecule has 1 aliphatic rings. The minimum absolute atomic E-state index is 0.202. The zero-order chi connectivity index (χ0) is 16.0. The summed E-state index contributed by atoms with van der Waals surface area (Å²) in [5, 5.41) is 8.93. The summed E-state index contributed by atoms with van der Waals surface area (Å²) < 4.78 is 64.9. The van der Waals surface area contributed by atoms with Gasteiger partial charge in [-0.3, -0.25) is 4.79 Å². The van der Waals surface area contributed by atoms with Crippen LogP contribution in [0.4, 0.5) is 13.2 Å². The second-order valence-corrected chi connectivity index (χ2v) is 6.62. The first-order valence-corrected chi connectivity index (χ1v) is 7.19. The van der Waals surface area contributed by atoms with Crippen molar-refractivity contribution >= 4 is 16.0 Å². The number of rotatable bonds is 3. The summed E-state index contributed by atoms with van der Waals surface area (Å²) in [7, 11) is -4.65. The third kappa shape index (κ3) is 2.61. The Labute approximate surface area is 118 Å². The molecular weight excluding hydrogens is 313 g/mol. The predicted molar refractivity (Wildman–Crippen MR) is 64.2 cm³/mol. The molecule has 1 fully saturated rings. The van der Waals surface area contributed by atoms with Crippen LogP contribution in [0.2, 0.25) is 0 Å². The quantitative estimate of drug-likeness (QED) is 0.832. The van der Waals surface area contributed by atoms with Crippen LogP contribution in [-0.2, 0) is 14.8 Å². The van der Waals surface area contributed by atoms with E-state index < -0.39 is 50.4 Å². The maximum Gasteiger partial charge on any atom is 0.325 e. The van der Waals surface area contributed by atoms with Crippen molar-refractivity contribution in [3.63, 3.8) is 0 Å². The molecule has 116 valence electrons. The van der Waals surface area contributed by atoms with Gasteiger partial charge in [-0.2, -0.15) is 4.31 Å². The maximum atomic E-state index is 13.6. The number of sulfonamides is 1. The fraction of sp³-hybridized carbons (Fsp3) is 0.364. The number of nitrogens with zero attached hydrogens (tertiary/aromatic N) is 1. The molecule has 1 aromatic carbocycles. The average molecular weight is 324 g/mol. The summed E-state index contributed by atoms with van der Waals surface area (Å²) in [5.74, 6) is -5.85. The molecule has 21 heavy (non-hydrogen) atoms. The molecule has 1 atom stereocenters. The van der Waals surface area contributed by atoms with Crippen molar-refractivity contribution in [2.75, 3.05) is 13.1 Å². The monoisotopic (exact) mass is 324 g/mol. The van der Waals surface area contributed by atoms with Crippen LogP contribution in [0, 0.1) is 17.5 Å². The highest BCUT2D eigenvalue weighted by Crippen LogP contribution is 2.29. The van der Waals surface area contributed by atoms with Crippen LogP contribution in [-0.4, -0.2) is 42.4 Å². The molecule has 1 aliphatic heterocycles. The minimum Gasteiger partial charge on any atom is -0.480 e. The fourth-order valence-corrected chi connectivity index (χ4v) is 3.68. The normalized spacial score (nSPS) is 23.4. The predicted octanol–water partition coefficient (Wildman–Crippen LogP) is 0.280. The van der Waals surface area contributed by atoms with E-state index in [-0.39, 0.29) is 25.1 Å². The molecule has 0 amide bonds. The van der Waals surface area contributed by atoms with E-state index in [4.69, 9.17) is 10.8 Å². The summed E-state index contributed by atoms with van der Waals surface area (Å²) in [4.78, 5) is 9.65. The Kier molecular flexibility index (Phi) is 3.72. The van der Waals surface area contributed by atoms with Gasteiger partial charge in [0.1, 0.15) is 23.0 Å². The van der Waals surface area contributed by atoms with Gasteiger partial charge in [0.25, 0.3) is 0 Å². The summed E-state index contributed by atoms with van der Waals surface area (Å²) in [6.45, 7) is -0.928. The van der Waals surface area contributed by atoms with Gasteiger partial charge < -0.3 is 10.8 Å². The zero-order valence-electron chi connectivity index (χ0n) is 10.5. The van der Waals surface area contributed by atoms with Crippen LogP contribution in [0.15, 0.2) is 17.0 Å². The van der Waals surface area contributed by atoms with Crippen LogP contribution in [0.1, 0.15) is 6.42 Å². The topological polar surface area (TPSA) is 101 Å². The Hall–Kier alpha value is -1.65. The number of hydrogen-bond donors (Lipinski definition) is 2. The van der Waals surface area contributed by atoms with Crippen molar-refractivity contribution in [1.29, 1.82) is 0 Å². The smallest absolute Gasteiger partial charge is 0.325 e. The lowest BCUT2D eigenvalue weighted by molar-refractivity contribution is -0.142. The molecule has 1 aromatic rings. The highest BCUT2D eigenvalue weighted by molar-refractivity contribution is 7.89. The largest absolute Gasteiger partial charge is 0.480 e. The van der Waals surface area contributed by atoms with E-state index >= 15 is 0 Å². The first-order valence-electron chi connectivity index (χ1n) is 5.75. The molecule has 6 nitrogen and oxygen atoms in total. The number of carboxylic acid groups (broad SMARTS) is 1. The van der Waals surface area contributed by atoms with Crippen LogP contribution < -0.4 is 5.73 Å². The highest BCUT2D eigenvalue weighted by Gasteiger charge is 2.46. The number of halogens is 3.